The molecule has 1 unspecified atom stereocenters. The third-order valence-electron chi connectivity index (χ3n) is 3.39. The third kappa shape index (κ3) is 2.52. The molecule has 2 saturated heterocycles. The lowest BCUT2D eigenvalue weighted by Gasteiger charge is -2.50. The lowest BCUT2D eigenvalue weighted by Crippen LogP contribution is -2.68. The Labute approximate surface area is 92.5 Å². The zero-order chi connectivity index (χ0) is 10.9. The van der Waals surface area contributed by atoms with Crippen molar-refractivity contribution in [2.45, 2.75) is 45.3 Å². The minimum Gasteiger partial charge on any atom is -0.375 e. The molecule has 0 aliphatic carbocycles. The van der Waals surface area contributed by atoms with Gasteiger partial charge in [0.1, 0.15) is 5.60 Å². The molecule has 0 saturated carbocycles. The molecule has 2 aliphatic rings. The monoisotopic (exact) mass is 213 g/mol. The van der Waals surface area contributed by atoms with Crippen LogP contribution in [0.5, 0.6) is 0 Å². The molecule has 2 aliphatic heterocycles. The van der Waals surface area contributed by atoms with Crippen molar-refractivity contribution in [2.75, 3.05) is 26.4 Å². The summed E-state index contributed by atoms with van der Waals surface area (Å²) in [5.41, 5.74) is 0.411. The number of morpholine rings is 1. The third-order valence-corrected chi connectivity index (χ3v) is 3.39. The van der Waals surface area contributed by atoms with Crippen LogP contribution in [0.25, 0.3) is 0 Å². The van der Waals surface area contributed by atoms with E-state index in [0.717, 1.165) is 26.4 Å². The Hall–Kier alpha value is -0.120. The maximum Gasteiger partial charge on any atom is 0.130 e. The topological polar surface area (TPSA) is 30.5 Å². The van der Waals surface area contributed by atoms with Gasteiger partial charge in [0.05, 0.1) is 19.8 Å². The maximum atomic E-state index is 5.89. The predicted molar refractivity (Wildman–Crippen MR) is 60.0 cm³/mol. The van der Waals surface area contributed by atoms with E-state index in [1.165, 1.54) is 12.8 Å². The molecule has 0 aromatic rings. The predicted octanol–water partition coefficient (Wildman–Crippen LogP) is 1.57. The summed E-state index contributed by atoms with van der Waals surface area (Å²) in [5, 5.41) is 3.58. The molecule has 0 radical (unpaired) electrons. The molecule has 1 atom stereocenters. The second-order valence-corrected chi connectivity index (χ2v) is 6.01. The standard InChI is InChI=1S/C12H23NO2/c1-11(2,3)5-4-10-12(8-14-9-12)15-7-6-13-10/h10,13H,4-9H2,1-3H3. The Morgan fingerprint density at radius 3 is 2.60 bits per heavy atom. The second-order valence-electron chi connectivity index (χ2n) is 6.01. The molecule has 2 heterocycles. The fourth-order valence-electron chi connectivity index (χ4n) is 2.30. The number of hydrogen-bond donors (Lipinski definition) is 1. The van der Waals surface area contributed by atoms with Crippen molar-refractivity contribution in [3.8, 4) is 0 Å². The van der Waals surface area contributed by atoms with Crippen LogP contribution in [0.15, 0.2) is 0 Å². The molecule has 2 rings (SSSR count). The highest BCUT2D eigenvalue weighted by Gasteiger charge is 2.48. The van der Waals surface area contributed by atoms with Gasteiger partial charge in [-0.1, -0.05) is 20.8 Å². The highest BCUT2D eigenvalue weighted by atomic mass is 16.6. The van der Waals surface area contributed by atoms with Gasteiger partial charge in [0.15, 0.2) is 0 Å². The molecule has 2 fully saturated rings. The summed E-state index contributed by atoms with van der Waals surface area (Å²) in [4.78, 5) is 0. The van der Waals surface area contributed by atoms with Crippen LogP contribution in [0.2, 0.25) is 0 Å². The van der Waals surface area contributed by atoms with Crippen molar-refractivity contribution < 1.29 is 9.47 Å². The van der Waals surface area contributed by atoms with Crippen LogP contribution in [0.3, 0.4) is 0 Å². The summed E-state index contributed by atoms with van der Waals surface area (Å²) in [6.07, 6.45) is 2.42. The van der Waals surface area contributed by atoms with Gasteiger partial charge in [0.25, 0.3) is 0 Å². The van der Waals surface area contributed by atoms with Gasteiger partial charge in [-0.15, -0.1) is 0 Å². The minimum atomic E-state index is 0.00347. The van der Waals surface area contributed by atoms with E-state index in [9.17, 15) is 0 Å². The van der Waals surface area contributed by atoms with E-state index >= 15 is 0 Å². The first kappa shape index (κ1) is 11.4. The van der Waals surface area contributed by atoms with Crippen molar-refractivity contribution in [1.82, 2.24) is 5.32 Å². The van der Waals surface area contributed by atoms with Crippen LogP contribution in [0.4, 0.5) is 0 Å². The highest BCUT2D eigenvalue weighted by molar-refractivity contribution is 5.01. The Bertz CT molecular complexity index is 218. The summed E-state index contributed by atoms with van der Waals surface area (Å²) in [6.45, 7) is 10.2. The molecule has 0 amide bonds. The Balaban J connectivity index is 1.88. The van der Waals surface area contributed by atoms with Gasteiger partial charge >= 0.3 is 0 Å². The molecule has 3 nitrogen and oxygen atoms in total. The minimum absolute atomic E-state index is 0.00347. The van der Waals surface area contributed by atoms with Gasteiger partial charge in [0.2, 0.25) is 0 Å². The van der Waals surface area contributed by atoms with Gasteiger partial charge in [-0.2, -0.15) is 0 Å². The lowest BCUT2D eigenvalue weighted by atomic mass is 9.82. The number of hydrogen-bond acceptors (Lipinski definition) is 3. The van der Waals surface area contributed by atoms with Gasteiger partial charge in [-0.05, 0) is 18.3 Å². The van der Waals surface area contributed by atoms with Gasteiger partial charge < -0.3 is 14.8 Å². The fourth-order valence-corrected chi connectivity index (χ4v) is 2.30. The molecule has 1 N–H and O–H groups in total. The van der Waals surface area contributed by atoms with Gasteiger partial charge in [-0.25, -0.2) is 0 Å². The molecular weight excluding hydrogens is 190 g/mol. The summed E-state index contributed by atoms with van der Waals surface area (Å²) < 4.78 is 11.2. The fraction of sp³-hybridized carbons (Fsp3) is 1.00. The Morgan fingerprint density at radius 2 is 2.07 bits per heavy atom. The SMILES string of the molecule is CC(C)(C)CCC1NCCOC12COC2. The Kier molecular flexibility index (Phi) is 3.06. The van der Waals surface area contributed by atoms with Crippen molar-refractivity contribution >= 4 is 0 Å². The summed E-state index contributed by atoms with van der Waals surface area (Å²) in [7, 11) is 0. The van der Waals surface area contributed by atoms with E-state index in [2.05, 4.69) is 26.1 Å². The van der Waals surface area contributed by atoms with E-state index in [1.807, 2.05) is 0 Å². The largest absolute Gasteiger partial charge is 0.375 e. The van der Waals surface area contributed by atoms with E-state index in [1.54, 1.807) is 0 Å². The average Bonchev–Trinajstić information content (AvgIpc) is 2.11. The molecule has 0 aromatic heterocycles. The van der Waals surface area contributed by atoms with E-state index in [-0.39, 0.29) is 5.60 Å². The zero-order valence-electron chi connectivity index (χ0n) is 10.1. The van der Waals surface area contributed by atoms with Crippen molar-refractivity contribution in [1.29, 1.82) is 0 Å². The van der Waals surface area contributed by atoms with Crippen LogP contribution < -0.4 is 5.32 Å². The molecule has 88 valence electrons. The summed E-state index contributed by atoms with van der Waals surface area (Å²) >= 11 is 0. The highest BCUT2D eigenvalue weighted by Crippen LogP contribution is 2.33. The number of ether oxygens (including phenoxy) is 2. The smallest absolute Gasteiger partial charge is 0.130 e. The number of nitrogens with one attached hydrogen (secondary N) is 1. The van der Waals surface area contributed by atoms with Crippen LogP contribution in [0.1, 0.15) is 33.6 Å². The summed E-state index contributed by atoms with van der Waals surface area (Å²) in [6, 6.07) is 0.485. The molecule has 0 aromatic carbocycles. The first-order valence-electron chi connectivity index (χ1n) is 5.97. The second kappa shape index (κ2) is 4.04. The molecule has 15 heavy (non-hydrogen) atoms. The number of rotatable bonds is 2. The molecular formula is C12H23NO2. The summed E-state index contributed by atoms with van der Waals surface area (Å²) in [5.74, 6) is 0. The van der Waals surface area contributed by atoms with Crippen LogP contribution >= 0.6 is 0 Å². The van der Waals surface area contributed by atoms with E-state index in [0.29, 0.717) is 11.5 Å². The van der Waals surface area contributed by atoms with Crippen LogP contribution in [-0.4, -0.2) is 38.0 Å². The van der Waals surface area contributed by atoms with Crippen molar-refractivity contribution in [2.24, 2.45) is 5.41 Å². The molecule has 1 spiro atoms. The molecule has 0 bridgehead atoms. The van der Waals surface area contributed by atoms with Gasteiger partial charge in [-0.3, -0.25) is 0 Å². The Morgan fingerprint density at radius 1 is 1.33 bits per heavy atom. The van der Waals surface area contributed by atoms with Gasteiger partial charge in [0, 0.05) is 12.6 Å². The zero-order valence-corrected chi connectivity index (χ0v) is 10.1. The average molecular weight is 213 g/mol. The first-order chi connectivity index (χ1) is 7.02. The van der Waals surface area contributed by atoms with Crippen molar-refractivity contribution in [3.05, 3.63) is 0 Å². The maximum absolute atomic E-state index is 5.89. The van der Waals surface area contributed by atoms with E-state index in [4.69, 9.17) is 9.47 Å². The van der Waals surface area contributed by atoms with E-state index < -0.39 is 0 Å². The van der Waals surface area contributed by atoms with Crippen molar-refractivity contribution in [3.63, 3.8) is 0 Å². The first-order valence-corrected chi connectivity index (χ1v) is 5.97. The normalized spacial score (nSPS) is 30.2. The molecule has 3 heteroatoms. The quantitative estimate of drug-likeness (QED) is 0.755. The lowest BCUT2D eigenvalue weighted by molar-refractivity contribution is -0.238. The van der Waals surface area contributed by atoms with Crippen LogP contribution in [0, 0.1) is 5.41 Å². The van der Waals surface area contributed by atoms with Crippen LogP contribution in [-0.2, 0) is 9.47 Å².